The molecule has 0 bridgehead atoms. The lowest BCUT2D eigenvalue weighted by Gasteiger charge is -2.13. The Morgan fingerprint density at radius 1 is 0.625 bits per heavy atom. The molecule has 4 N–H and O–H groups in total. The van der Waals surface area contributed by atoms with E-state index in [9.17, 15) is 28.8 Å². The maximum atomic E-state index is 11.3. The van der Waals surface area contributed by atoms with Crippen LogP contribution in [0.5, 0.6) is 0 Å². The number of hydrogen-bond donors (Lipinski definition) is 4. The van der Waals surface area contributed by atoms with E-state index >= 15 is 0 Å². The fraction of sp³-hybridized carbons (Fsp3) is 0.500. The van der Waals surface area contributed by atoms with E-state index in [0.29, 0.717) is 0 Å². The summed E-state index contributed by atoms with van der Waals surface area (Å²) in [5.74, 6) is -8.86. The molecule has 0 aliphatic heterocycles. The third-order valence-corrected chi connectivity index (χ3v) is 2.35. The van der Waals surface area contributed by atoms with Crippen LogP contribution in [0.15, 0.2) is 0 Å². The van der Waals surface area contributed by atoms with Crippen LogP contribution >= 0.6 is 0 Å². The highest BCUT2D eigenvalue weighted by molar-refractivity contribution is 5.85. The van der Waals surface area contributed by atoms with E-state index in [2.05, 4.69) is 9.47 Å². The molecule has 12 nitrogen and oxygen atoms in total. The van der Waals surface area contributed by atoms with Crippen molar-refractivity contribution in [2.75, 3.05) is 0 Å². The minimum Gasteiger partial charge on any atom is -0.481 e. The van der Waals surface area contributed by atoms with Gasteiger partial charge in [-0.3, -0.25) is 19.2 Å². The molecule has 0 rings (SSSR count). The van der Waals surface area contributed by atoms with Gasteiger partial charge in [-0.15, -0.1) is 0 Å². The lowest BCUT2D eigenvalue weighted by molar-refractivity contribution is -0.170. The monoisotopic (exact) mass is 350 g/mol. The van der Waals surface area contributed by atoms with E-state index < -0.39 is 73.7 Å². The molecule has 0 amide bonds. The lowest BCUT2D eigenvalue weighted by atomic mass is 10.2. The second-order valence-electron chi connectivity index (χ2n) is 4.33. The van der Waals surface area contributed by atoms with Gasteiger partial charge in [-0.05, 0) is 0 Å². The summed E-state index contributed by atoms with van der Waals surface area (Å²) in [5.41, 5.74) is 0. The van der Waals surface area contributed by atoms with Crippen LogP contribution in [0, 0.1) is 0 Å². The Hall–Kier alpha value is -3.18. The minimum absolute atomic E-state index is 0.707. The summed E-state index contributed by atoms with van der Waals surface area (Å²) >= 11 is 0. The van der Waals surface area contributed by atoms with Crippen LogP contribution in [0.25, 0.3) is 0 Å². The number of carbonyl (C=O) groups is 6. The maximum Gasteiger partial charge on any atom is 0.345 e. The normalized spacial score (nSPS) is 12.5. The van der Waals surface area contributed by atoms with Crippen molar-refractivity contribution < 1.29 is 58.7 Å². The van der Waals surface area contributed by atoms with Gasteiger partial charge < -0.3 is 29.9 Å². The number of carboxylic acids is 4. The van der Waals surface area contributed by atoms with E-state index in [-0.39, 0.29) is 0 Å². The number of carboxylic acid groups (broad SMARTS) is 4. The molecular weight excluding hydrogens is 336 g/mol. The molecule has 0 saturated heterocycles. The fourth-order valence-corrected chi connectivity index (χ4v) is 1.32. The Morgan fingerprint density at radius 2 is 0.917 bits per heavy atom. The van der Waals surface area contributed by atoms with Crippen LogP contribution in [0.2, 0.25) is 0 Å². The predicted molar refractivity (Wildman–Crippen MR) is 68.8 cm³/mol. The third kappa shape index (κ3) is 8.96. The van der Waals surface area contributed by atoms with E-state index in [1.54, 1.807) is 0 Å². The number of aliphatic carboxylic acids is 4. The second kappa shape index (κ2) is 9.76. The Kier molecular flexibility index (Phi) is 8.47. The van der Waals surface area contributed by atoms with Crippen LogP contribution in [-0.2, 0) is 38.2 Å². The molecule has 0 aromatic heterocycles. The first-order valence-corrected chi connectivity index (χ1v) is 6.31. The van der Waals surface area contributed by atoms with E-state index in [1.807, 2.05) is 0 Å². The third-order valence-electron chi connectivity index (χ3n) is 2.35. The summed E-state index contributed by atoms with van der Waals surface area (Å²) in [5, 5.41) is 34.2. The van der Waals surface area contributed by atoms with E-state index in [0.717, 1.165) is 0 Å². The quantitative estimate of drug-likeness (QED) is 0.321. The summed E-state index contributed by atoms with van der Waals surface area (Å²) in [6.45, 7) is 0. The molecule has 0 aromatic carbocycles. The van der Waals surface area contributed by atoms with Crippen molar-refractivity contribution in [2.24, 2.45) is 0 Å². The molecule has 0 aliphatic rings. The molecule has 12 heteroatoms. The zero-order valence-electron chi connectivity index (χ0n) is 12.0. The topological polar surface area (TPSA) is 202 Å². The van der Waals surface area contributed by atoms with Gasteiger partial charge in [0.05, 0.1) is 25.7 Å². The van der Waals surface area contributed by atoms with Gasteiger partial charge in [-0.2, -0.15) is 0 Å². The molecule has 134 valence electrons. The smallest absolute Gasteiger partial charge is 0.345 e. The van der Waals surface area contributed by atoms with Crippen molar-refractivity contribution in [1.29, 1.82) is 0 Å². The molecule has 2 atom stereocenters. The first-order chi connectivity index (χ1) is 11.0. The highest BCUT2D eigenvalue weighted by Gasteiger charge is 2.27. The molecule has 0 aliphatic carbocycles. The fourth-order valence-electron chi connectivity index (χ4n) is 1.32. The first-order valence-electron chi connectivity index (χ1n) is 6.31. The highest BCUT2D eigenvalue weighted by Crippen LogP contribution is 2.07. The summed E-state index contributed by atoms with van der Waals surface area (Å²) in [6.07, 6.45) is -7.26. The lowest BCUT2D eigenvalue weighted by Crippen LogP contribution is -2.31. The summed E-state index contributed by atoms with van der Waals surface area (Å²) in [7, 11) is 0. The van der Waals surface area contributed by atoms with Crippen LogP contribution < -0.4 is 0 Å². The van der Waals surface area contributed by atoms with Gasteiger partial charge in [0.15, 0.2) is 0 Å². The Morgan fingerprint density at radius 3 is 1.12 bits per heavy atom. The van der Waals surface area contributed by atoms with Crippen molar-refractivity contribution in [3.05, 3.63) is 0 Å². The largest absolute Gasteiger partial charge is 0.481 e. The average Bonchev–Trinajstić information content (AvgIpc) is 2.42. The number of hydrogen-bond acceptors (Lipinski definition) is 8. The van der Waals surface area contributed by atoms with Crippen LogP contribution in [0.4, 0.5) is 0 Å². The Bertz CT molecular complexity index is 488. The van der Waals surface area contributed by atoms with Gasteiger partial charge in [0.2, 0.25) is 12.2 Å². The van der Waals surface area contributed by atoms with Crippen LogP contribution in [0.3, 0.4) is 0 Å². The average molecular weight is 350 g/mol. The van der Waals surface area contributed by atoms with E-state index in [1.165, 1.54) is 0 Å². The van der Waals surface area contributed by atoms with Crippen LogP contribution in [-0.4, -0.2) is 68.4 Å². The Balaban J connectivity index is 4.45. The van der Waals surface area contributed by atoms with Gasteiger partial charge >= 0.3 is 35.8 Å². The van der Waals surface area contributed by atoms with Crippen molar-refractivity contribution in [3.63, 3.8) is 0 Å². The molecule has 24 heavy (non-hydrogen) atoms. The minimum atomic E-state index is -1.94. The predicted octanol–water partition coefficient (Wildman–Crippen LogP) is -1.29. The van der Waals surface area contributed by atoms with Crippen molar-refractivity contribution in [2.45, 2.75) is 37.9 Å². The summed E-state index contributed by atoms with van der Waals surface area (Å²) in [6, 6.07) is 0. The molecule has 2 unspecified atom stereocenters. The zero-order valence-corrected chi connectivity index (χ0v) is 12.0. The maximum absolute atomic E-state index is 11.3. The molecule has 0 heterocycles. The second-order valence-corrected chi connectivity index (χ2v) is 4.33. The van der Waals surface area contributed by atoms with Gasteiger partial charge in [-0.1, -0.05) is 0 Å². The molecular formula is C12H14O12. The van der Waals surface area contributed by atoms with Gasteiger partial charge in [-0.25, -0.2) is 9.59 Å². The van der Waals surface area contributed by atoms with E-state index in [4.69, 9.17) is 20.4 Å². The number of carbonyl (C=O) groups excluding carboxylic acids is 2. The highest BCUT2D eigenvalue weighted by atomic mass is 16.6. The molecule has 0 aromatic rings. The number of esters is 2. The van der Waals surface area contributed by atoms with Crippen LogP contribution in [0.1, 0.15) is 25.7 Å². The summed E-state index contributed by atoms with van der Waals surface area (Å²) in [4.78, 5) is 64.9. The molecule has 0 radical (unpaired) electrons. The Labute approximate surface area is 133 Å². The standard InChI is InChI=1S/C12H14O12/c13-7(14)3-5(11(19)20)23-9(17)1-2-10(18)24-6(12(21)22)4-8(15)16/h5-6H,1-4H2,(H,13,14)(H,15,16)(H,19,20)(H,21,22). The van der Waals surface area contributed by atoms with Crippen molar-refractivity contribution in [3.8, 4) is 0 Å². The van der Waals surface area contributed by atoms with Gasteiger partial charge in [0.1, 0.15) is 0 Å². The first kappa shape index (κ1) is 20.8. The molecule has 0 fully saturated rings. The van der Waals surface area contributed by atoms with Gasteiger partial charge in [0, 0.05) is 0 Å². The van der Waals surface area contributed by atoms with Gasteiger partial charge in [0.25, 0.3) is 0 Å². The molecule has 0 saturated carbocycles. The number of ether oxygens (including phenoxy) is 2. The van der Waals surface area contributed by atoms with Crippen molar-refractivity contribution in [1.82, 2.24) is 0 Å². The summed E-state index contributed by atoms with van der Waals surface area (Å²) < 4.78 is 8.71. The SMILES string of the molecule is O=C(O)CC(OC(=O)CCC(=O)OC(CC(=O)O)C(=O)O)C(=O)O. The molecule has 0 spiro atoms. The van der Waals surface area contributed by atoms with Crippen molar-refractivity contribution >= 4 is 35.8 Å². The number of rotatable bonds is 11. The zero-order chi connectivity index (χ0) is 18.9.